The molecule has 0 aliphatic heterocycles. The van der Waals surface area contributed by atoms with Gasteiger partial charge in [-0.2, -0.15) is 0 Å². The Hall–Kier alpha value is -1.54. The summed E-state index contributed by atoms with van der Waals surface area (Å²) in [7, 11) is -4.28. The maximum atomic E-state index is 12.6. The van der Waals surface area contributed by atoms with Crippen molar-refractivity contribution in [2.45, 2.75) is 206 Å². The minimum absolute atomic E-state index is 0.0968. The van der Waals surface area contributed by atoms with Crippen LogP contribution in [0.3, 0.4) is 0 Å². The predicted molar refractivity (Wildman–Crippen MR) is 233 cm³/mol. The van der Waals surface area contributed by atoms with Gasteiger partial charge in [-0.1, -0.05) is 165 Å². The summed E-state index contributed by atoms with van der Waals surface area (Å²) in [6.45, 7) is 4.86. The van der Waals surface area contributed by atoms with Crippen molar-refractivity contribution in [1.29, 1.82) is 0 Å². The van der Waals surface area contributed by atoms with Crippen molar-refractivity contribution < 1.29 is 32.8 Å². The van der Waals surface area contributed by atoms with Gasteiger partial charge in [0.2, 0.25) is 0 Å². The highest BCUT2D eigenvalue weighted by Gasteiger charge is 2.25. The zero-order valence-electron chi connectivity index (χ0n) is 35.7. The molecule has 0 aromatic rings. The first-order chi connectivity index (χ1) is 26.9. The summed E-state index contributed by atoms with van der Waals surface area (Å²) >= 11 is 0. The number of nitrogens with two attached hydrogens (primary N) is 1. The molecule has 3 N–H and O–H groups in total. The Morgan fingerprint density at radius 2 is 0.964 bits per heavy atom. The molecule has 0 aromatic heterocycles. The van der Waals surface area contributed by atoms with Crippen molar-refractivity contribution in [3.05, 3.63) is 48.6 Å². The first-order valence-electron chi connectivity index (χ1n) is 22.6. The Labute approximate surface area is 339 Å². The van der Waals surface area contributed by atoms with Gasteiger partial charge in [-0.05, 0) is 77.0 Å². The third-order valence-electron chi connectivity index (χ3n) is 9.47. The monoisotopic (exact) mass is 796 g/mol. The smallest absolute Gasteiger partial charge is 0.457 e. The van der Waals surface area contributed by atoms with Crippen molar-refractivity contribution in [1.82, 2.24) is 0 Å². The molecule has 322 valence electrons. The molecule has 8 nitrogen and oxygen atoms in total. The first kappa shape index (κ1) is 53.5. The van der Waals surface area contributed by atoms with Crippen LogP contribution in [0.4, 0.5) is 0 Å². The topological polar surface area (TPSA) is 117 Å². The van der Waals surface area contributed by atoms with Gasteiger partial charge < -0.3 is 20.1 Å². The van der Waals surface area contributed by atoms with Gasteiger partial charge >= 0.3 is 13.8 Å². The number of ether oxygens (including phenoxy) is 2. The van der Waals surface area contributed by atoms with Crippen LogP contribution in [0.25, 0.3) is 0 Å². The minimum atomic E-state index is -4.28. The molecule has 0 rings (SSSR count). The van der Waals surface area contributed by atoms with Gasteiger partial charge in [0.05, 0.1) is 19.8 Å². The average Bonchev–Trinajstić information content (AvgIpc) is 3.17. The molecule has 0 saturated carbocycles. The molecule has 0 aliphatic rings. The number of carbonyl (C=O) groups is 1. The van der Waals surface area contributed by atoms with Crippen LogP contribution in [0.2, 0.25) is 0 Å². The van der Waals surface area contributed by atoms with Crippen LogP contribution in [0, 0.1) is 0 Å². The second kappa shape index (κ2) is 43.6. The van der Waals surface area contributed by atoms with Crippen LogP contribution >= 0.6 is 7.82 Å². The maximum Gasteiger partial charge on any atom is 0.472 e. The fourth-order valence-corrected chi connectivity index (χ4v) is 6.88. The molecule has 0 saturated heterocycles. The quantitative estimate of drug-likeness (QED) is 0.0271. The van der Waals surface area contributed by atoms with E-state index in [0.717, 1.165) is 57.8 Å². The zero-order valence-corrected chi connectivity index (χ0v) is 36.6. The van der Waals surface area contributed by atoms with Crippen LogP contribution in [0.15, 0.2) is 48.6 Å². The third-order valence-corrected chi connectivity index (χ3v) is 10.5. The molecular formula is C46H86NO7P. The summed E-state index contributed by atoms with van der Waals surface area (Å²) in [6, 6.07) is 0. The van der Waals surface area contributed by atoms with Crippen molar-refractivity contribution >= 4 is 13.8 Å². The van der Waals surface area contributed by atoms with Crippen LogP contribution in [0.1, 0.15) is 200 Å². The van der Waals surface area contributed by atoms with Gasteiger partial charge in [0.25, 0.3) is 0 Å². The standard InChI is InChI=1S/C46H86NO7P/c1-3-5-7-9-11-13-15-17-18-19-20-21-22-23-24-25-26-27-28-30-32-34-36-38-41-51-43-45(44-53-55(49,50)52-42-40-47)54-46(48)39-37-35-33-31-29-16-14-12-10-8-6-4-2/h12,14-15,17,19-20,22-23,45H,3-11,13,16,18,21,24-44,47H2,1-2H3,(H,49,50)/b14-12-,17-15-,20-19-,23-22-. The van der Waals surface area contributed by atoms with E-state index in [1.165, 1.54) is 122 Å². The Kier molecular flexibility index (Phi) is 42.4. The Bertz CT molecular complexity index is 983. The minimum Gasteiger partial charge on any atom is -0.457 e. The molecule has 0 fully saturated rings. The largest absolute Gasteiger partial charge is 0.472 e. The third kappa shape index (κ3) is 43.4. The molecule has 55 heavy (non-hydrogen) atoms. The van der Waals surface area contributed by atoms with Gasteiger partial charge in [0.15, 0.2) is 0 Å². The molecule has 0 spiro atoms. The van der Waals surface area contributed by atoms with Crippen LogP contribution in [-0.2, 0) is 27.9 Å². The number of hydrogen-bond acceptors (Lipinski definition) is 7. The number of carbonyl (C=O) groups excluding carboxylic acids is 1. The van der Waals surface area contributed by atoms with E-state index in [1.54, 1.807) is 0 Å². The highest BCUT2D eigenvalue weighted by Crippen LogP contribution is 2.43. The van der Waals surface area contributed by atoms with E-state index in [4.69, 9.17) is 24.3 Å². The van der Waals surface area contributed by atoms with Crippen LogP contribution in [0.5, 0.6) is 0 Å². The average molecular weight is 796 g/mol. The summed E-state index contributed by atoms with van der Waals surface area (Å²) in [5.41, 5.74) is 5.37. The molecule has 0 heterocycles. The van der Waals surface area contributed by atoms with E-state index in [1.807, 2.05) is 0 Å². The molecule has 9 heteroatoms. The van der Waals surface area contributed by atoms with Gasteiger partial charge in [0.1, 0.15) is 6.10 Å². The number of unbranched alkanes of at least 4 members (excludes halogenated alkanes) is 22. The van der Waals surface area contributed by atoms with Crippen molar-refractivity contribution in [3.63, 3.8) is 0 Å². The zero-order chi connectivity index (χ0) is 40.2. The van der Waals surface area contributed by atoms with Crippen molar-refractivity contribution in [3.8, 4) is 0 Å². The second-order valence-corrected chi connectivity index (χ2v) is 16.4. The normalized spacial score (nSPS) is 13.9. The molecule has 0 amide bonds. The maximum absolute atomic E-state index is 12.6. The summed E-state index contributed by atoms with van der Waals surface area (Å²) in [5.74, 6) is -0.343. The lowest BCUT2D eigenvalue weighted by Gasteiger charge is -2.20. The highest BCUT2D eigenvalue weighted by atomic mass is 31.2. The fourth-order valence-electron chi connectivity index (χ4n) is 6.12. The molecule has 0 radical (unpaired) electrons. The van der Waals surface area contributed by atoms with E-state index in [0.29, 0.717) is 13.0 Å². The van der Waals surface area contributed by atoms with Crippen LogP contribution < -0.4 is 5.73 Å². The Morgan fingerprint density at radius 3 is 1.49 bits per heavy atom. The van der Waals surface area contributed by atoms with Crippen molar-refractivity contribution in [2.24, 2.45) is 5.73 Å². The first-order valence-corrected chi connectivity index (χ1v) is 24.1. The second-order valence-electron chi connectivity index (χ2n) is 14.9. The van der Waals surface area contributed by atoms with Crippen LogP contribution in [-0.4, -0.2) is 49.9 Å². The van der Waals surface area contributed by atoms with E-state index >= 15 is 0 Å². The molecule has 0 aromatic carbocycles. The summed E-state index contributed by atoms with van der Waals surface area (Å²) in [5, 5.41) is 0. The predicted octanol–water partition coefficient (Wildman–Crippen LogP) is 13.6. The number of phosphoric acid groups is 1. The lowest BCUT2D eigenvalue weighted by atomic mass is 10.1. The molecule has 0 aliphatic carbocycles. The SMILES string of the molecule is CCCCC/C=C\CCCCCCCC(=O)OC(COCCCCCCCCCCC/C=C\C/C=C\C/C=C\CCCCCCC)COP(=O)(O)OCCN. The van der Waals surface area contributed by atoms with E-state index in [2.05, 4.69) is 62.5 Å². The molecule has 2 atom stereocenters. The summed E-state index contributed by atoms with van der Waals surface area (Å²) < 4.78 is 33.4. The lowest BCUT2D eigenvalue weighted by Crippen LogP contribution is -2.28. The Morgan fingerprint density at radius 1 is 0.545 bits per heavy atom. The van der Waals surface area contributed by atoms with E-state index < -0.39 is 13.9 Å². The summed E-state index contributed by atoms with van der Waals surface area (Å²) in [4.78, 5) is 22.4. The van der Waals surface area contributed by atoms with Gasteiger partial charge in [0, 0.05) is 19.6 Å². The molecule has 2 unspecified atom stereocenters. The number of allylic oxidation sites excluding steroid dienone is 8. The van der Waals surface area contributed by atoms with Gasteiger partial charge in [-0.25, -0.2) is 4.57 Å². The number of phosphoric ester groups is 1. The number of esters is 1. The molecule has 0 bridgehead atoms. The van der Waals surface area contributed by atoms with Gasteiger partial charge in [-0.3, -0.25) is 13.8 Å². The summed E-state index contributed by atoms with van der Waals surface area (Å²) in [6.07, 6.45) is 51.3. The number of rotatable bonds is 43. The highest BCUT2D eigenvalue weighted by molar-refractivity contribution is 7.47. The molecular weight excluding hydrogens is 709 g/mol. The van der Waals surface area contributed by atoms with E-state index in [-0.39, 0.29) is 32.3 Å². The van der Waals surface area contributed by atoms with E-state index in [9.17, 15) is 14.3 Å². The fraction of sp³-hybridized carbons (Fsp3) is 0.804. The number of hydrogen-bond donors (Lipinski definition) is 2. The van der Waals surface area contributed by atoms with Crippen molar-refractivity contribution in [2.75, 3.05) is 33.0 Å². The Balaban J connectivity index is 3.97. The lowest BCUT2D eigenvalue weighted by molar-refractivity contribution is -0.154. The van der Waals surface area contributed by atoms with Gasteiger partial charge in [-0.15, -0.1) is 0 Å².